The van der Waals surface area contributed by atoms with E-state index in [2.05, 4.69) is 10.9 Å². The Balaban J connectivity index is 1.94. The van der Waals surface area contributed by atoms with E-state index in [1.54, 1.807) is 12.1 Å². The molecule has 0 heterocycles. The zero-order valence-electron chi connectivity index (χ0n) is 14.5. The van der Waals surface area contributed by atoms with Gasteiger partial charge in [-0.15, -0.1) is 0 Å². The van der Waals surface area contributed by atoms with Crippen molar-refractivity contribution < 1.29 is 28.2 Å². The summed E-state index contributed by atoms with van der Waals surface area (Å²) < 4.78 is 29.0. The number of hydrazine groups is 1. The summed E-state index contributed by atoms with van der Waals surface area (Å²) >= 11 is 0. The minimum atomic E-state index is -1.02. The molecule has 0 bridgehead atoms. The van der Waals surface area contributed by atoms with E-state index in [0.717, 1.165) is 0 Å². The van der Waals surface area contributed by atoms with Crippen LogP contribution >= 0.6 is 0 Å². The molecule has 2 aromatic rings. The van der Waals surface area contributed by atoms with Crippen LogP contribution in [0.4, 0.5) is 4.39 Å². The van der Waals surface area contributed by atoms with Crippen LogP contribution in [0, 0.1) is 5.82 Å². The second kappa shape index (κ2) is 8.70. The number of nitrogens with one attached hydrogen (secondary N) is 2. The van der Waals surface area contributed by atoms with Gasteiger partial charge in [-0.3, -0.25) is 20.4 Å². The van der Waals surface area contributed by atoms with Gasteiger partial charge < -0.3 is 14.2 Å². The fourth-order valence-corrected chi connectivity index (χ4v) is 2.05. The highest BCUT2D eigenvalue weighted by Gasteiger charge is 2.18. The molecule has 2 N–H and O–H groups in total. The van der Waals surface area contributed by atoms with E-state index in [9.17, 15) is 14.0 Å². The molecule has 0 aliphatic carbocycles. The zero-order valence-corrected chi connectivity index (χ0v) is 14.5. The molecule has 0 saturated carbocycles. The Morgan fingerprint density at radius 3 is 2.31 bits per heavy atom. The number of hydrogen-bond acceptors (Lipinski definition) is 5. The molecule has 0 radical (unpaired) electrons. The lowest BCUT2D eigenvalue weighted by Gasteiger charge is -2.15. The second-order valence-electron chi connectivity index (χ2n) is 5.20. The Morgan fingerprint density at radius 1 is 0.962 bits per heavy atom. The third-order valence-electron chi connectivity index (χ3n) is 3.45. The molecule has 0 spiro atoms. The first-order chi connectivity index (χ1) is 12.5. The van der Waals surface area contributed by atoms with Gasteiger partial charge in [0.2, 0.25) is 0 Å². The van der Waals surface area contributed by atoms with Crippen molar-refractivity contribution >= 4 is 11.8 Å². The van der Waals surface area contributed by atoms with Crippen molar-refractivity contribution in [3.05, 3.63) is 53.8 Å². The van der Waals surface area contributed by atoms with Crippen LogP contribution in [0.1, 0.15) is 17.3 Å². The molecular weight excluding hydrogens is 343 g/mol. The molecule has 1 atom stereocenters. The summed E-state index contributed by atoms with van der Waals surface area (Å²) in [5, 5.41) is 0. The predicted molar refractivity (Wildman–Crippen MR) is 91.6 cm³/mol. The maximum Gasteiger partial charge on any atom is 0.279 e. The predicted octanol–water partition coefficient (Wildman–Crippen LogP) is 2.07. The average molecular weight is 362 g/mol. The number of para-hydroxylation sites is 1. The van der Waals surface area contributed by atoms with Gasteiger partial charge in [-0.1, -0.05) is 12.1 Å². The van der Waals surface area contributed by atoms with Crippen LogP contribution in [0.2, 0.25) is 0 Å². The number of carbonyl (C=O) groups is 2. The molecule has 0 aliphatic heterocycles. The van der Waals surface area contributed by atoms with Gasteiger partial charge in [0, 0.05) is 5.56 Å². The van der Waals surface area contributed by atoms with E-state index in [0.29, 0.717) is 11.5 Å². The summed E-state index contributed by atoms with van der Waals surface area (Å²) in [6.07, 6.45) is -1.02. The third kappa shape index (κ3) is 4.62. The molecule has 2 rings (SSSR count). The van der Waals surface area contributed by atoms with Crippen LogP contribution in [-0.4, -0.2) is 32.1 Å². The summed E-state index contributed by atoms with van der Waals surface area (Å²) in [6, 6.07) is 10.3. The topological polar surface area (TPSA) is 85.9 Å². The van der Waals surface area contributed by atoms with E-state index < -0.39 is 23.7 Å². The minimum Gasteiger partial charge on any atom is -0.493 e. The van der Waals surface area contributed by atoms with Crippen molar-refractivity contribution in [3.8, 4) is 17.2 Å². The number of methoxy groups -OCH3 is 2. The molecule has 2 aromatic carbocycles. The standard InChI is InChI=1S/C18H19FN2O5/c1-11(26-14-7-5-4-6-13(14)19)17(22)20-21-18(23)12-8-9-15(24-2)16(10-12)25-3/h4-11H,1-3H3,(H,20,22)(H,21,23)/t11-/m1/s1. The fraction of sp³-hybridized carbons (Fsp3) is 0.222. The van der Waals surface area contributed by atoms with Gasteiger partial charge in [-0.2, -0.15) is 0 Å². The van der Waals surface area contributed by atoms with Crippen molar-refractivity contribution in [1.82, 2.24) is 10.9 Å². The summed E-state index contributed by atoms with van der Waals surface area (Å²) in [7, 11) is 2.93. The van der Waals surface area contributed by atoms with Gasteiger partial charge in [0.25, 0.3) is 11.8 Å². The van der Waals surface area contributed by atoms with E-state index in [1.807, 2.05) is 0 Å². The first-order valence-corrected chi connectivity index (χ1v) is 7.69. The van der Waals surface area contributed by atoms with Gasteiger partial charge in [0.05, 0.1) is 14.2 Å². The minimum absolute atomic E-state index is 0.0543. The molecule has 0 saturated heterocycles. The van der Waals surface area contributed by atoms with Crippen molar-refractivity contribution in [2.45, 2.75) is 13.0 Å². The lowest BCUT2D eigenvalue weighted by molar-refractivity contribution is -0.128. The van der Waals surface area contributed by atoms with Crippen molar-refractivity contribution in [2.75, 3.05) is 14.2 Å². The number of benzene rings is 2. The van der Waals surface area contributed by atoms with Crippen LogP contribution in [0.3, 0.4) is 0 Å². The van der Waals surface area contributed by atoms with E-state index in [1.165, 1.54) is 51.5 Å². The summed E-state index contributed by atoms with van der Waals surface area (Å²) in [5.41, 5.74) is 4.74. The molecule has 7 nitrogen and oxygen atoms in total. The second-order valence-corrected chi connectivity index (χ2v) is 5.20. The van der Waals surface area contributed by atoms with Crippen LogP contribution in [0.5, 0.6) is 17.2 Å². The van der Waals surface area contributed by atoms with Gasteiger partial charge in [0.1, 0.15) is 0 Å². The number of amides is 2. The Morgan fingerprint density at radius 2 is 1.65 bits per heavy atom. The lowest BCUT2D eigenvalue weighted by Crippen LogP contribution is -2.47. The van der Waals surface area contributed by atoms with Gasteiger partial charge in [-0.05, 0) is 37.3 Å². The zero-order chi connectivity index (χ0) is 19.1. The number of halogens is 1. The molecule has 26 heavy (non-hydrogen) atoms. The molecule has 138 valence electrons. The summed E-state index contributed by atoms with van der Waals surface area (Å²) in [5.74, 6) is -0.981. The average Bonchev–Trinajstić information content (AvgIpc) is 2.66. The Hall–Kier alpha value is -3.29. The van der Waals surface area contributed by atoms with Gasteiger partial charge in [-0.25, -0.2) is 4.39 Å². The number of hydrogen-bond donors (Lipinski definition) is 2. The maximum atomic E-state index is 13.5. The molecular formula is C18H19FN2O5. The Bertz CT molecular complexity index is 797. The molecule has 0 aliphatic rings. The van der Waals surface area contributed by atoms with Crippen LogP contribution < -0.4 is 25.1 Å². The van der Waals surface area contributed by atoms with Gasteiger partial charge >= 0.3 is 0 Å². The Labute approximate surface area is 150 Å². The highest BCUT2D eigenvalue weighted by atomic mass is 19.1. The smallest absolute Gasteiger partial charge is 0.279 e. The molecule has 0 fully saturated rings. The fourth-order valence-electron chi connectivity index (χ4n) is 2.05. The third-order valence-corrected chi connectivity index (χ3v) is 3.45. The highest BCUT2D eigenvalue weighted by molar-refractivity contribution is 5.96. The first-order valence-electron chi connectivity index (χ1n) is 7.69. The monoisotopic (exact) mass is 362 g/mol. The molecule has 2 amide bonds. The number of rotatable bonds is 6. The molecule has 8 heteroatoms. The summed E-state index contributed by atoms with van der Waals surface area (Å²) in [4.78, 5) is 24.1. The number of ether oxygens (including phenoxy) is 3. The lowest BCUT2D eigenvalue weighted by atomic mass is 10.2. The summed E-state index contributed by atoms with van der Waals surface area (Å²) in [6.45, 7) is 1.43. The first kappa shape index (κ1) is 19.0. The van der Waals surface area contributed by atoms with Crippen LogP contribution in [0.15, 0.2) is 42.5 Å². The van der Waals surface area contributed by atoms with Crippen molar-refractivity contribution in [2.24, 2.45) is 0 Å². The largest absolute Gasteiger partial charge is 0.493 e. The van der Waals surface area contributed by atoms with E-state index >= 15 is 0 Å². The Kier molecular flexibility index (Phi) is 6.37. The van der Waals surface area contributed by atoms with Crippen molar-refractivity contribution in [3.63, 3.8) is 0 Å². The normalized spacial score (nSPS) is 11.2. The quantitative estimate of drug-likeness (QED) is 0.769. The van der Waals surface area contributed by atoms with Crippen LogP contribution in [-0.2, 0) is 4.79 Å². The van der Waals surface area contributed by atoms with E-state index in [-0.39, 0.29) is 11.3 Å². The van der Waals surface area contributed by atoms with Gasteiger partial charge in [0.15, 0.2) is 29.2 Å². The SMILES string of the molecule is COc1ccc(C(=O)NNC(=O)[C@@H](C)Oc2ccccc2F)cc1OC. The van der Waals surface area contributed by atoms with Crippen molar-refractivity contribution in [1.29, 1.82) is 0 Å². The maximum absolute atomic E-state index is 13.5. The number of carbonyl (C=O) groups excluding carboxylic acids is 2. The van der Waals surface area contributed by atoms with E-state index in [4.69, 9.17) is 14.2 Å². The molecule has 0 unspecified atom stereocenters. The van der Waals surface area contributed by atoms with Crippen LogP contribution in [0.25, 0.3) is 0 Å². The molecule has 0 aromatic heterocycles. The highest BCUT2D eigenvalue weighted by Crippen LogP contribution is 2.27.